The van der Waals surface area contributed by atoms with E-state index >= 15 is 0 Å². The first kappa shape index (κ1) is 27.1. The van der Waals surface area contributed by atoms with Gasteiger partial charge in [0.2, 0.25) is 0 Å². The second kappa shape index (κ2) is 11.6. The number of hydrogen-bond acceptors (Lipinski definition) is 8. The van der Waals surface area contributed by atoms with Crippen LogP contribution in [0.4, 0.5) is 5.69 Å². The van der Waals surface area contributed by atoms with Crippen LogP contribution < -0.4 is 15.1 Å². The highest BCUT2D eigenvalue weighted by Crippen LogP contribution is 2.25. The summed E-state index contributed by atoms with van der Waals surface area (Å²) in [4.78, 5) is 14.4. The van der Waals surface area contributed by atoms with Crippen molar-refractivity contribution in [1.29, 1.82) is 0 Å². The van der Waals surface area contributed by atoms with E-state index in [1.807, 2.05) is 53.4 Å². The van der Waals surface area contributed by atoms with Crippen LogP contribution in [0.25, 0.3) is 22.1 Å². The van der Waals surface area contributed by atoms with Gasteiger partial charge in [-0.2, -0.15) is 0 Å². The van der Waals surface area contributed by atoms with Crippen molar-refractivity contribution in [3.05, 3.63) is 95.6 Å². The molecular weight excluding hydrogens is 508 g/mol. The third-order valence-corrected chi connectivity index (χ3v) is 7.06. The summed E-state index contributed by atoms with van der Waals surface area (Å²) in [5.74, 6) is -0.227. The number of hydrogen-bond donors (Lipinski definition) is 1. The molecule has 3 heterocycles. The summed E-state index contributed by atoms with van der Waals surface area (Å²) in [5, 5.41) is 9.81. The van der Waals surface area contributed by atoms with Crippen LogP contribution in [0.1, 0.15) is 5.56 Å². The van der Waals surface area contributed by atoms with Gasteiger partial charge in [0.25, 0.3) is 0 Å². The predicted molar refractivity (Wildman–Crippen MR) is 142 cm³/mol. The molecule has 1 N–H and O–H groups in total. The molecule has 0 spiro atoms. The van der Waals surface area contributed by atoms with E-state index in [0.717, 1.165) is 55.6 Å². The summed E-state index contributed by atoms with van der Waals surface area (Å²) in [7, 11) is -4.47. The Kier molecular flexibility index (Phi) is 8.26. The van der Waals surface area contributed by atoms with E-state index in [-0.39, 0.29) is 16.3 Å². The van der Waals surface area contributed by atoms with Crippen molar-refractivity contribution in [1.82, 2.24) is 0 Å². The van der Waals surface area contributed by atoms with Gasteiger partial charge >= 0.3 is 5.63 Å². The number of phenolic OH excluding ortho intramolecular Hbond substituents is 1. The van der Waals surface area contributed by atoms with Crippen LogP contribution in [-0.2, 0) is 21.4 Å². The number of aromatic nitrogens is 1. The first-order chi connectivity index (χ1) is 18.2. The van der Waals surface area contributed by atoms with Crippen molar-refractivity contribution in [3.8, 4) is 16.9 Å². The summed E-state index contributed by atoms with van der Waals surface area (Å²) in [6.45, 7) is 9.10. The lowest BCUT2D eigenvalue weighted by Gasteiger charge is -2.28. The number of fused-ring (bicyclic) bond motifs is 1. The van der Waals surface area contributed by atoms with Crippen LogP contribution >= 0.6 is 0 Å². The van der Waals surface area contributed by atoms with Crippen LogP contribution in [0.5, 0.6) is 5.75 Å². The van der Waals surface area contributed by atoms with Crippen LogP contribution in [-0.4, -0.2) is 44.4 Å². The minimum absolute atomic E-state index is 0.227. The fraction of sp³-hybridized carbons (Fsp3) is 0.214. The molecule has 0 amide bonds. The molecule has 198 valence electrons. The molecule has 1 aliphatic heterocycles. The van der Waals surface area contributed by atoms with E-state index < -0.39 is 10.1 Å². The lowest BCUT2D eigenvalue weighted by atomic mass is 10.1. The zero-order valence-corrected chi connectivity index (χ0v) is 21.7. The highest BCUT2D eigenvalue weighted by molar-refractivity contribution is 7.85. The molecule has 0 unspecified atom stereocenters. The Labute approximate surface area is 220 Å². The minimum atomic E-state index is -4.47. The Morgan fingerprint density at radius 2 is 1.79 bits per heavy atom. The van der Waals surface area contributed by atoms with E-state index in [1.54, 1.807) is 0 Å². The molecule has 1 fully saturated rings. The first-order valence-corrected chi connectivity index (χ1v) is 13.3. The van der Waals surface area contributed by atoms with Gasteiger partial charge in [-0.1, -0.05) is 12.6 Å². The minimum Gasteiger partial charge on any atom is -0.744 e. The Balaban J connectivity index is 0.000000236. The highest BCUT2D eigenvalue weighted by Gasteiger charge is 2.14. The van der Waals surface area contributed by atoms with Crippen molar-refractivity contribution >= 4 is 26.8 Å². The van der Waals surface area contributed by atoms with Crippen LogP contribution in [0, 0.1) is 6.92 Å². The Bertz CT molecular complexity index is 1610. The normalized spacial score (nSPS) is 13.6. The lowest BCUT2D eigenvalue weighted by Crippen LogP contribution is -2.36. The third-order valence-electron chi connectivity index (χ3n) is 6.08. The third kappa shape index (κ3) is 6.46. The van der Waals surface area contributed by atoms with Crippen LogP contribution in [0.15, 0.2) is 93.8 Å². The highest BCUT2D eigenvalue weighted by atomic mass is 32.2. The number of rotatable bonds is 5. The van der Waals surface area contributed by atoms with E-state index in [9.17, 15) is 17.8 Å². The van der Waals surface area contributed by atoms with E-state index in [2.05, 4.69) is 17.5 Å². The molecule has 0 bridgehead atoms. The zero-order chi connectivity index (χ0) is 27.3. The molecule has 5 rings (SSSR count). The predicted octanol–water partition coefficient (Wildman–Crippen LogP) is 3.37. The second-order valence-electron chi connectivity index (χ2n) is 8.75. The number of anilines is 1. The van der Waals surface area contributed by atoms with Crippen molar-refractivity contribution in [2.45, 2.75) is 18.4 Å². The lowest BCUT2D eigenvalue weighted by molar-refractivity contribution is -0.686. The van der Waals surface area contributed by atoms with E-state index in [4.69, 9.17) is 14.3 Å². The average molecular weight is 537 g/mol. The van der Waals surface area contributed by atoms with Crippen LogP contribution in [0.3, 0.4) is 0 Å². The number of nitrogens with zero attached hydrogens (tertiary/aromatic N) is 2. The van der Waals surface area contributed by atoms with Crippen molar-refractivity contribution in [3.63, 3.8) is 0 Å². The summed E-state index contributed by atoms with van der Waals surface area (Å²) >= 11 is 0. The molecule has 4 aromatic rings. The van der Waals surface area contributed by atoms with E-state index in [0.29, 0.717) is 16.7 Å². The smallest absolute Gasteiger partial charge is 0.344 e. The number of phenols is 1. The molecule has 1 saturated heterocycles. The Morgan fingerprint density at radius 3 is 2.42 bits per heavy atom. The van der Waals surface area contributed by atoms with Crippen LogP contribution in [0.2, 0.25) is 0 Å². The Hall–Kier alpha value is -3.99. The van der Waals surface area contributed by atoms with Gasteiger partial charge < -0.3 is 23.7 Å². The monoisotopic (exact) mass is 536 g/mol. The average Bonchev–Trinajstić information content (AvgIpc) is 2.90. The van der Waals surface area contributed by atoms with Gasteiger partial charge in [-0.05, 0) is 48.9 Å². The maximum atomic E-state index is 12.5. The summed E-state index contributed by atoms with van der Waals surface area (Å²) < 4.78 is 44.6. The molecule has 0 atom stereocenters. The van der Waals surface area contributed by atoms with Gasteiger partial charge in [0.1, 0.15) is 21.5 Å². The number of morpholine rings is 1. The molecule has 10 heteroatoms. The quantitative estimate of drug-likeness (QED) is 0.178. The topological polar surface area (TPSA) is 124 Å². The molecule has 0 aliphatic carbocycles. The number of pyridine rings is 1. The first-order valence-electron chi connectivity index (χ1n) is 11.9. The number of aryl methyl sites for hydroxylation is 1. The standard InChI is InChI=1S/C21H21N2O3.C7H8O4S/c1-2-7-22-8-5-16(6-9-22)19-14-17-3-4-18(15-20(17)26-21(19)24)23-10-12-25-13-11-23;1-5-2-3-6(8)4-7(5)12(9,10)11/h2-6,8-9,14-15H,1,7,10-13H2;2-4,8H,1H3,(H,9,10,11)/q+1;/p-1. The van der Waals surface area contributed by atoms with Crippen molar-refractivity contribution in [2.24, 2.45) is 0 Å². The molecule has 9 nitrogen and oxygen atoms in total. The second-order valence-corrected chi connectivity index (χ2v) is 10.1. The molecule has 2 aromatic heterocycles. The molecular formula is C28H28N2O7S. The largest absolute Gasteiger partial charge is 0.744 e. The van der Waals surface area contributed by atoms with Crippen molar-refractivity contribution < 1.29 is 31.8 Å². The fourth-order valence-electron chi connectivity index (χ4n) is 4.09. The zero-order valence-electron chi connectivity index (χ0n) is 20.9. The van der Waals surface area contributed by atoms with Gasteiger partial charge in [-0.25, -0.2) is 17.8 Å². The van der Waals surface area contributed by atoms with Gasteiger partial charge in [0, 0.05) is 47.9 Å². The number of benzene rings is 2. The van der Waals surface area contributed by atoms with Crippen molar-refractivity contribution in [2.75, 3.05) is 31.2 Å². The molecule has 1 aliphatic rings. The van der Waals surface area contributed by atoms with Gasteiger partial charge in [0.15, 0.2) is 18.9 Å². The maximum absolute atomic E-state index is 12.5. The summed E-state index contributed by atoms with van der Waals surface area (Å²) in [6, 6.07) is 15.4. The van der Waals surface area contributed by atoms with Gasteiger partial charge in [-0.15, -0.1) is 0 Å². The molecule has 38 heavy (non-hydrogen) atoms. The number of ether oxygens (including phenoxy) is 1. The maximum Gasteiger partial charge on any atom is 0.344 e. The number of allylic oxidation sites excluding steroid dienone is 1. The van der Waals surface area contributed by atoms with Gasteiger partial charge in [0.05, 0.1) is 23.7 Å². The van der Waals surface area contributed by atoms with Gasteiger partial charge in [-0.3, -0.25) is 0 Å². The summed E-state index contributed by atoms with van der Waals surface area (Å²) in [6.07, 6.45) is 5.69. The SMILES string of the molecule is C=CC[n+]1ccc(-c2cc3ccc(N4CCOCC4)cc3oc2=O)cc1.Cc1ccc(O)cc1S(=O)(=O)[O-]. The molecule has 0 radical (unpaired) electrons. The number of aromatic hydroxyl groups is 1. The summed E-state index contributed by atoms with van der Waals surface area (Å²) in [5.41, 5.74) is 3.10. The molecule has 2 aromatic carbocycles. The molecule has 0 saturated carbocycles. The Morgan fingerprint density at radius 1 is 1.08 bits per heavy atom. The fourth-order valence-corrected chi connectivity index (χ4v) is 4.81. The van der Waals surface area contributed by atoms with E-state index in [1.165, 1.54) is 19.1 Å².